The minimum Gasteiger partial charge on any atom is -0.497 e. The summed E-state index contributed by atoms with van der Waals surface area (Å²) >= 11 is 0. The van der Waals surface area contributed by atoms with Gasteiger partial charge in [0.2, 0.25) is 0 Å². The van der Waals surface area contributed by atoms with Gasteiger partial charge in [-0.25, -0.2) is 0 Å². The Hall–Kier alpha value is -4.98. The van der Waals surface area contributed by atoms with Crippen molar-refractivity contribution in [2.45, 2.75) is 6.54 Å². The van der Waals surface area contributed by atoms with E-state index in [-0.39, 0.29) is 18.4 Å². The van der Waals surface area contributed by atoms with E-state index in [2.05, 4.69) is 9.97 Å². The number of nitrogens with zero attached hydrogens (tertiary/aromatic N) is 1. The Morgan fingerprint density at radius 2 is 1.08 bits per heavy atom. The molecule has 0 spiro atoms. The number of imide groups is 1. The van der Waals surface area contributed by atoms with Crippen LogP contribution in [0.4, 0.5) is 0 Å². The fourth-order valence-electron chi connectivity index (χ4n) is 5.00. The van der Waals surface area contributed by atoms with Crippen molar-refractivity contribution < 1.29 is 23.8 Å². The van der Waals surface area contributed by atoms with E-state index in [0.29, 0.717) is 39.5 Å². The maximum Gasteiger partial charge on any atom is 0.262 e. The maximum atomic E-state index is 14.0. The van der Waals surface area contributed by atoms with Gasteiger partial charge < -0.3 is 24.2 Å². The summed E-state index contributed by atoms with van der Waals surface area (Å²) in [5, 5.41) is 1.59. The van der Waals surface area contributed by atoms with Crippen molar-refractivity contribution in [3.8, 4) is 17.2 Å². The number of benzene rings is 3. The highest BCUT2D eigenvalue weighted by atomic mass is 16.5. The lowest BCUT2D eigenvalue weighted by atomic mass is 9.95. The number of nitrogens with one attached hydrogen (secondary N) is 2. The number of amides is 2. The Morgan fingerprint density at radius 3 is 1.53 bits per heavy atom. The van der Waals surface area contributed by atoms with Crippen molar-refractivity contribution in [1.82, 2.24) is 14.9 Å². The zero-order valence-corrected chi connectivity index (χ0v) is 21.1. The fraction of sp³-hybridized carbons (Fsp3) is 0.133. The van der Waals surface area contributed by atoms with Gasteiger partial charge in [-0.15, -0.1) is 0 Å². The van der Waals surface area contributed by atoms with Crippen LogP contribution in [0.3, 0.4) is 0 Å². The number of H-pyrrole nitrogens is 2. The Bertz CT molecular complexity index is 1640. The van der Waals surface area contributed by atoms with Gasteiger partial charge in [-0.2, -0.15) is 0 Å². The highest BCUT2D eigenvalue weighted by molar-refractivity contribution is 6.50. The zero-order valence-electron chi connectivity index (χ0n) is 21.1. The predicted molar refractivity (Wildman–Crippen MR) is 145 cm³/mol. The van der Waals surface area contributed by atoms with Crippen molar-refractivity contribution in [2.24, 2.45) is 0 Å². The van der Waals surface area contributed by atoms with Crippen LogP contribution in [-0.4, -0.2) is 48.0 Å². The van der Waals surface area contributed by atoms with E-state index in [1.807, 2.05) is 60.7 Å². The molecule has 2 N–H and O–H groups in total. The minimum absolute atomic E-state index is 0.131. The summed E-state index contributed by atoms with van der Waals surface area (Å²) in [7, 11) is 4.79. The highest BCUT2D eigenvalue weighted by Crippen LogP contribution is 2.42. The van der Waals surface area contributed by atoms with Crippen LogP contribution in [0.15, 0.2) is 73.1 Å². The third-order valence-corrected chi connectivity index (χ3v) is 6.98. The van der Waals surface area contributed by atoms with Crippen LogP contribution in [0.2, 0.25) is 0 Å². The van der Waals surface area contributed by atoms with Crippen molar-refractivity contribution in [3.05, 3.63) is 89.7 Å². The standard InChI is InChI=1S/C30H25N3O5/c1-36-18-6-4-17(5-7-18)16-33-29(34)27(23-14-31-25-10-8-19(37-2)12-21(23)25)28(30(33)35)24-15-32-26-11-9-20(38-3)13-22(24)26/h4-15,31-32H,16H2,1-3H3. The van der Waals surface area contributed by atoms with Gasteiger partial charge >= 0.3 is 0 Å². The van der Waals surface area contributed by atoms with Gasteiger partial charge in [0.25, 0.3) is 11.8 Å². The third-order valence-electron chi connectivity index (χ3n) is 6.98. The van der Waals surface area contributed by atoms with E-state index in [9.17, 15) is 9.59 Å². The molecule has 5 aromatic rings. The van der Waals surface area contributed by atoms with Crippen molar-refractivity contribution in [1.29, 1.82) is 0 Å². The quantitative estimate of drug-likeness (QED) is 0.297. The fourth-order valence-corrected chi connectivity index (χ4v) is 5.00. The van der Waals surface area contributed by atoms with E-state index < -0.39 is 0 Å². The first-order valence-corrected chi connectivity index (χ1v) is 12.1. The molecule has 0 fully saturated rings. The van der Waals surface area contributed by atoms with Crippen LogP contribution >= 0.6 is 0 Å². The summed E-state index contributed by atoms with van der Waals surface area (Å²) in [6.45, 7) is 0.131. The molecular formula is C30H25N3O5. The van der Waals surface area contributed by atoms with Crippen molar-refractivity contribution in [3.63, 3.8) is 0 Å². The minimum atomic E-state index is -0.359. The van der Waals surface area contributed by atoms with Gasteiger partial charge in [0.05, 0.1) is 39.0 Å². The van der Waals surface area contributed by atoms with Crippen LogP contribution in [-0.2, 0) is 16.1 Å². The first-order chi connectivity index (χ1) is 18.5. The molecule has 2 aromatic heterocycles. The summed E-state index contributed by atoms with van der Waals surface area (Å²) in [5.74, 6) is 1.30. The molecule has 0 bridgehead atoms. The smallest absolute Gasteiger partial charge is 0.262 e. The molecule has 3 aromatic carbocycles. The number of aromatic amines is 2. The van der Waals surface area contributed by atoms with Gasteiger partial charge in [-0.05, 0) is 54.1 Å². The number of rotatable bonds is 7. The number of methoxy groups -OCH3 is 3. The Labute approximate surface area is 218 Å². The second-order valence-corrected chi connectivity index (χ2v) is 9.02. The molecular weight excluding hydrogens is 482 g/mol. The molecule has 0 atom stereocenters. The van der Waals surface area contributed by atoms with Crippen LogP contribution in [0.1, 0.15) is 16.7 Å². The molecule has 6 rings (SSSR count). The summed E-state index contributed by atoms with van der Waals surface area (Å²) in [6.07, 6.45) is 3.55. The summed E-state index contributed by atoms with van der Waals surface area (Å²) in [6, 6.07) is 18.6. The van der Waals surface area contributed by atoms with Gasteiger partial charge in [-0.3, -0.25) is 14.5 Å². The van der Waals surface area contributed by atoms with Gasteiger partial charge in [-0.1, -0.05) is 12.1 Å². The Balaban J connectivity index is 1.54. The lowest BCUT2D eigenvalue weighted by Gasteiger charge is -2.15. The molecule has 2 amide bonds. The average molecular weight is 508 g/mol. The van der Waals surface area contributed by atoms with E-state index in [1.54, 1.807) is 33.7 Å². The Morgan fingerprint density at radius 1 is 0.632 bits per heavy atom. The molecule has 0 aliphatic carbocycles. The van der Waals surface area contributed by atoms with E-state index in [4.69, 9.17) is 14.2 Å². The summed E-state index contributed by atoms with van der Waals surface area (Å²) < 4.78 is 16.1. The van der Waals surface area contributed by atoms with Gasteiger partial charge in [0, 0.05) is 45.3 Å². The maximum absolute atomic E-state index is 14.0. The molecule has 0 saturated carbocycles. The van der Waals surface area contributed by atoms with Crippen LogP contribution < -0.4 is 14.2 Å². The molecule has 0 unspecified atom stereocenters. The monoisotopic (exact) mass is 507 g/mol. The summed E-state index contributed by atoms with van der Waals surface area (Å²) in [5.41, 5.74) is 4.44. The van der Waals surface area contributed by atoms with E-state index in [0.717, 1.165) is 27.4 Å². The lowest BCUT2D eigenvalue weighted by Crippen LogP contribution is -2.30. The molecule has 38 heavy (non-hydrogen) atoms. The van der Waals surface area contributed by atoms with Gasteiger partial charge in [0.15, 0.2) is 0 Å². The molecule has 8 nitrogen and oxygen atoms in total. The number of carbonyl (C=O) groups excluding carboxylic acids is 2. The molecule has 0 saturated heterocycles. The average Bonchev–Trinajstić information content (AvgIpc) is 3.63. The van der Waals surface area contributed by atoms with E-state index in [1.165, 1.54) is 4.90 Å². The Kier molecular flexibility index (Phi) is 5.64. The second-order valence-electron chi connectivity index (χ2n) is 9.02. The second kappa shape index (κ2) is 9.15. The lowest BCUT2D eigenvalue weighted by molar-refractivity contribution is -0.136. The van der Waals surface area contributed by atoms with Crippen molar-refractivity contribution in [2.75, 3.05) is 21.3 Å². The van der Waals surface area contributed by atoms with Crippen molar-refractivity contribution >= 4 is 44.8 Å². The first-order valence-electron chi connectivity index (χ1n) is 12.1. The molecule has 1 aliphatic rings. The molecule has 190 valence electrons. The molecule has 8 heteroatoms. The number of ether oxygens (including phenoxy) is 3. The molecule has 1 aliphatic heterocycles. The van der Waals surface area contributed by atoms with E-state index >= 15 is 0 Å². The number of fused-ring (bicyclic) bond motifs is 2. The normalized spacial score (nSPS) is 13.7. The predicted octanol–water partition coefficient (Wildman–Crippen LogP) is 5.15. The topological polar surface area (TPSA) is 96.7 Å². The largest absolute Gasteiger partial charge is 0.497 e. The molecule has 3 heterocycles. The van der Waals surface area contributed by atoms with Crippen LogP contribution in [0.25, 0.3) is 33.0 Å². The van der Waals surface area contributed by atoms with Gasteiger partial charge in [0.1, 0.15) is 17.2 Å². The summed E-state index contributed by atoms with van der Waals surface area (Å²) in [4.78, 5) is 35.9. The SMILES string of the molecule is COc1ccc(CN2C(=O)C(c3c[nH]c4ccc(OC)cc34)=C(c3c[nH]c4ccc(OC)cc34)C2=O)cc1. The van der Waals surface area contributed by atoms with Crippen LogP contribution in [0, 0.1) is 0 Å². The third kappa shape index (κ3) is 3.69. The van der Waals surface area contributed by atoms with Crippen LogP contribution in [0.5, 0.6) is 17.2 Å². The number of aromatic nitrogens is 2. The first kappa shape index (κ1) is 23.4. The number of hydrogen-bond donors (Lipinski definition) is 2. The molecule has 0 radical (unpaired) electrons. The number of hydrogen-bond acceptors (Lipinski definition) is 5. The number of carbonyl (C=O) groups is 2. The zero-order chi connectivity index (χ0) is 26.4. The highest BCUT2D eigenvalue weighted by Gasteiger charge is 2.41.